The summed E-state index contributed by atoms with van der Waals surface area (Å²) in [5.41, 5.74) is 1.74. The summed E-state index contributed by atoms with van der Waals surface area (Å²) < 4.78 is 2.02. The van der Waals surface area contributed by atoms with Crippen LogP contribution in [0.3, 0.4) is 0 Å². The van der Waals surface area contributed by atoms with E-state index in [1.165, 1.54) is 0 Å². The molecular formula is C22H29N3O2. The Morgan fingerprint density at radius 1 is 0.889 bits per heavy atom. The average Bonchev–Trinajstić information content (AvgIpc) is 3.13. The lowest BCUT2D eigenvalue weighted by molar-refractivity contribution is -0.135. The van der Waals surface area contributed by atoms with E-state index in [2.05, 4.69) is 13.8 Å². The zero-order chi connectivity index (χ0) is 19.2. The van der Waals surface area contributed by atoms with E-state index in [0.29, 0.717) is 25.2 Å². The molecule has 1 aliphatic heterocycles. The molecule has 0 N–H and O–H groups in total. The Morgan fingerprint density at radius 3 is 2.11 bits per heavy atom. The van der Waals surface area contributed by atoms with Gasteiger partial charge in [-0.25, -0.2) is 0 Å². The molecule has 1 fully saturated rings. The molecule has 0 radical (unpaired) electrons. The molecule has 2 aromatic rings. The van der Waals surface area contributed by atoms with Gasteiger partial charge in [-0.15, -0.1) is 0 Å². The number of amides is 2. The Morgan fingerprint density at radius 2 is 1.48 bits per heavy atom. The maximum Gasteiger partial charge on any atom is 0.253 e. The molecule has 1 saturated heterocycles. The fourth-order valence-electron chi connectivity index (χ4n) is 3.70. The highest BCUT2D eigenvalue weighted by molar-refractivity contribution is 5.94. The average molecular weight is 367 g/mol. The first-order valence-electron chi connectivity index (χ1n) is 9.95. The maximum atomic E-state index is 12.9. The molecule has 3 rings (SSSR count). The van der Waals surface area contributed by atoms with Gasteiger partial charge in [-0.05, 0) is 55.7 Å². The molecule has 144 valence electrons. The summed E-state index contributed by atoms with van der Waals surface area (Å²) in [5, 5.41) is 0. The largest absolute Gasteiger partial charge is 0.341 e. The van der Waals surface area contributed by atoms with Crippen LogP contribution >= 0.6 is 0 Å². The van der Waals surface area contributed by atoms with Crippen LogP contribution in [-0.2, 0) is 4.79 Å². The van der Waals surface area contributed by atoms with Gasteiger partial charge in [-0.3, -0.25) is 9.59 Å². The minimum absolute atomic E-state index is 0.0471. The quantitative estimate of drug-likeness (QED) is 0.811. The highest BCUT2D eigenvalue weighted by atomic mass is 16.2. The van der Waals surface area contributed by atoms with Gasteiger partial charge in [0.2, 0.25) is 5.91 Å². The van der Waals surface area contributed by atoms with Gasteiger partial charge in [0.15, 0.2) is 0 Å². The second kappa shape index (κ2) is 8.89. The Kier molecular flexibility index (Phi) is 6.32. The van der Waals surface area contributed by atoms with Gasteiger partial charge in [0.25, 0.3) is 5.91 Å². The standard InChI is InChI=1S/C22H29N3O2/c1-3-18(4-2)21(26)24-14-7-15-25(17-16-24)22(27)19-8-10-20(11-9-19)23-12-5-6-13-23/h5-6,8-13,18H,3-4,7,14-17H2,1-2H3. The molecule has 0 bridgehead atoms. The van der Waals surface area contributed by atoms with Crippen LogP contribution in [0.5, 0.6) is 0 Å². The van der Waals surface area contributed by atoms with Gasteiger partial charge in [0, 0.05) is 55.7 Å². The summed E-state index contributed by atoms with van der Waals surface area (Å²) in [7, 11) is 0. The first-order chi connectivity index (χ1) is 13.1. The highest BCUT2D eigenvalue weighted by Crippen LogP contribution is 2.16. The van der Waals surface area contributed by atoms with E-state index in [9.17, 15) is 9.59 Å². The fourth-order valence-corrected chi connectivity index (χ4v) is 3.70. The predicted octanol–water partition coefficient (Wildman–Crippen LogP) is 3.59. The van der Waals surface area contributed by atoms with Crippen LogP contribution in [0, 0.1) is 5.92 Å². The molecule has 2 amide bonds. The summed E-state index contributed by atoms with van der Waals surface area (Å²) in [6, 6.07) is 11.7. The molecule has 0 unspecified atom stereocenters. The number of hydrogen-bond acceptors (Lipinski definition) is 2. The van der Waals surface area contributed by atoms with Crippen LogP contribution in [0.1, 0.15) is 43.5 Å². The molecule has 1 aromatic heterocycles. The monoisotopic (exact) mass is 367 g/mol. The number of rotatable bonds is 5. The van der Waals surface area contributed by atoms with Crippen LogP contribution in [0.2, 0.25) is 0 Å². The van der Waals surface area contributed by atoms with Crippen molar-refractivity contribution in [2.45, 2.75) is 33.1 Å². The lowest BCUT2D eigenvalue weighted by Gasteiger charge is -2.25. The lowest BCUT2D eigenvalue weighted by Crippen LogP contribution is -2.39. The Hall–Kier alpha value is -2.56. The topological polar surface area (TPSA) is 45.6 Å². The van der Waals surface area contributed by atoms with Crippen molar-refractivity contribution in [3.05, 3.63) is 54.4 Å². The molecule has 0 aliphatic carbocycles. The summed E-state index contributed by atoms with van der Waals surface area (Å²) in [6.45, 7) is 6.80. The molecule has 0 saturated carbocycles. The number of aromatic nitrogens is 1. The Labute approximate surface area is 161 Å². The van der Waals surface area contributed by atoms with Crippen molar-refractivity contribution in [1.82, 2.24) is 14.4 Å². The van der Waals surface area contributed by atoms with Crippen molar-refractivity contribution >= 4 is 11.8 Å². The van der Waals surface area contributed by atoms with Crippen LogP contribution in [0.15, 0.2) is 48.8 Å². The van der Waals surface area contributed by atoms with E-state index < -0.39 is 0 Å². The van der Waals surface area contributed by atoms with Crippen molar-refractivity contribution < 1.29 is 9.59 Å². The first kappa shape index (κ1) is 19.2. The highest BCUT2D eigenvalue weighted by Gasteiger charge is 2.26. The Balaban J connectivity index is 1.63. The van der Waals surface area contributed by atoms with Crippen LogP contribution in [0.4, 0.5) is 0 Å². The third-order valence-corrected chi connectivity index (χ3v) is 5.45. The van der Waals surface area contributed by atoms with Gasteiger partial charge in [0.1, 0.15) is 0 Å². The molecule has 5 heteroatoms. The van der Waals surface area contributed by atoms with Crippen molar-refractivity contribution in [1.29, 1.82) is 0 Å². The van der Waals surface area contributed by atoms with Crippen molar-refractivity contribution in [3.8, 4) is 5.69 Å². The van der Waals surface area contributed by atoms with Crippen LogP contribution in [0.25, 0.3) is 5.69 Å². The van der Waals surface area contributed by atoms with E-state index in [4.69, 9.17) is 0 Å². The number of carbonyl (C=O) groups is 2. The number of carbonyl (C=O) groups excluding carboxylic acids is 2. The minimum atomic E-state index is 0.0471. The molecular weight excluding hydrogens is 338 g/mol. The molecule has 5 nitrogen and oxygen atoms in total. The van der Waals surface area contributed by atoms with E-state index in [-0.39, 0.29) is 17.7 Å². The van der Waals surface area contributed by atoms with Gasteiger partial charge >= 0.3 is 0 Å². The second-order valence-corrected chi connectivity index (χ2v) is 7.12. The minimum Gasteiger partial charge on any atom is -0.341 e. The number of benzene rings is 1. The summed E-state index contributed by atoms with van der Waals surface area (Å²) in [6.07, 6.45) is 6.55. The molecule has 27 heavy (non-hydrogen) atoms. The second-order valence-electron chi connectivity index (χ2n) is 7.12. The number of nitrogens with zero attached hydrogens (tertiary/aromatic N) is 3. The number of hydrogen-bond donors (Lipinski definition) is 0. The van der Waals surface area contributed by atoms with Gasteiger partial charge in [-0.2, -0.15) is 0 Å². The lowest BCUT2D eigenvalue weighted by atomic mass is 10.0. The van der Waals surface area contributed by atoms with E-state index in [1.54, 1.807) is 0 Å². The van der Waals surface area contributed by atoms with Crippen molar-refractivity contribution in [2.75, 3.05) is 26.2 Å². The normalized spacial score (nSPS) is 15.1. The molecule has 0 atom stereocenters. The summed E-state index contributed by atoms with van der Waals surface area (Å²) in [5.74, 6) is 0.393. The van der Waals surface area contributed by atoms with Gasteiger partial charge in [0.05, 0.1) is 0 Å². The first-order valence-corrected chi connectivity index (χ1v) is 9.95. The van der Waals surface area contributed by atoms with Gasteiger partial charge in [-0.1, -0.05) is 13.8 Å². The molecule has 1 aliphatic rings. The van der Waals surface area contributed by atoms with E-state index in [1.807, 2.05) is 63.2 Å². The fraction of sp³-hybridized carbons (Fsp3) is 0.455. The molecule has 2 heterocycles. The van der Waals surface area contributed by atoms with E-state index in [0.717, 1.165) is 31.5 Å². The SMILES string of the molecule is CCC(CC)C(=O)N1CCCN(C(=O)c2ccc(-n3cccc3)cc2)CC1. The van der Waals surface area contributed by atoms with Crippen molar-refractivity contribution in [2.24, 2.45) is 5.92 Å². The van der Waals surface area contributed by atoms with Crippen LogP contribution < -0.4 is 0 Å². The smallest absolute Gasteiger partial charge is 0.253 e. The van der Waals surface area contributed by atoms with Crippen LogP contribution in [-0.4, -0.2) is 52.4 Å². The zero-order valence-electron chi connectivity index (χ0n) is 16.3. The zero-order valence-corrected chi connectivity index (χ0v) is 16.3. The van der Waals surface area contributed by atoms with Gasteiger partial charge < -0.3 is 14.4 Å². The third-order valence-electron chi connectivity index (χ3n) is 5.45. The predicted molar refractivity (Wildman–Crippen MR) is 107 cm³/mol. The van der Waals surface area contributed by atoms with E-state index >= 15 is 0 Å². The third kappa shape index (κ3) is 4.41. The molecule has 1 aromatic carbocycles. The Bertz CT molecular complexity index is 748. The maximum absolute atomic E-state index is 12.9. The van der Waals surface area contributed by atoms with Crippen molar-refractivity contribution in [3.63, 3.8) is 0 Å². The summed E-state index contributed by atoms with van der Waals surface area (Å²) >= 11 is 0. The summed E-state index contributed by atoms with van der Waals surface area (Å²) in [4.78, 5) is 29.3. The molecule has 0 spiro atoms.